The highest BCUT2D eigenvalue weighted by Gasteiger charge is 2.25. The van der Waals surface area contributed by atoms with Crippen LogP contribution < -0.4 is 0 Å². The lowest BCUT2D eigenvalue weighted by molar-refractivity contribution is 0.236. The van der Waals surface area contributed by atoms with Gasteiger partial charge in [0.1, 0.15) is 0 Å². The van der Waals surface area contributed by atoms with E-state index in [0.29, 0.717) is 0 Å². The predicted octanol–water partition coefficient (Wildman–Crippen LogP) is 4.42. The van der Waals surface area contributed by atoms with Crippen LogP contribution in [0.1, 0.15) is 52.9 Å². The molecule has 0 aromatic heterocycles. The summed E-state index contributed by atoms with van der Waals surface area (Å²) in [6, 6.07) is 0. The second kappa shape index (κ2) is 5.47. The topological polar surface area (TPSA) is 0 Å². The van der Waals surface area contributed by atoms with E-state index >= 15 is 0 Å². The minimum absolute atomic E-state index is 0.859. The summed E-state index contributed by atoms with van der Waals surface area (Å²) < 4.78 is 0. The third-order valence-corrected chi connectivity index (χ3v) is 3.71. The first-order valence-electron chi connectivity index (χ1n) is 6.00. The van der Waals surface area contributed by atoms with Crippen molar-refractivity contribution in [2.45, 2.75) is 52.9 Å². The average Bonchev–Trinajstić information content (AvgIpc) is 2.37. The van der Waals surface area contributed by atoms with Crippen LogP contribution in [0.15, 0.2) is 12.2 Å². The summed E-state index contributed by atoms with van der Waals surface area (Å²) in [4.78, 5) is 0. The van der Waals surface area contributed by atoms with E-state index in [1.54, 1.807) is 0 Å². The van der Waals surface area contributed by atoms with Gasteiger partial charge in [-0.2, -0.15) is 0 Å². The quantitative estimate of drug-likeness (QED) is 0.564. The number of rotatable bonds is 3. The van der Waals surface area contributed by atoms with Gasteiger partial charge in [0, 0.05) is 0 Å². The molecule has 0 amide bonds. The molecule has 0 N–H and O–H groups in total. The van der Waals surface area contributed by atoms with Gasteiger partial charge < -0.3 is 0 Å². The van der Waals surface area contributed by atoms with Gasteiger partial charge in [-0.1, -0.05) is 45.8 Å². The van der Waals surface area contributed by atoms with E-state index in [2.05, 4.69) is 32.9 Å². The van der Waals surface area contributed by atoms with Crippen LogP contribution in [0.2, 0.25) is 0 Å². The zero-order chi connectivity index (χ0) is 9.68. The summed E-state index contributed by atoms with van der Waals surface area (Å²) in [6.07, 6.45) is 11.7. The molecule has 0 heteroatoms. The molecule has 0 heterocycles. The standard InChI is InChI=1S/C13H24/c1-4-11-9-7-8-10-12(5-2)13(11)6-3/h7,9,11-13H,4-6,8,10H2,1-3H3. The molecule has 0 aliphatic heterocycles. The maximum Gasteiger partial charge on any atom is -0.0205 e. The minimum atomic E-state index is 0.859. The monoisotopic (exact) mass is 180 g/mol. The Balaban J connectivity index is 2.68. The summed E-state index contributed by atoms with van der Waals surface area (Å²) in [5.74, 6) is 2.79. The zero-order valence-corrected chi connectivity index (χ0v) is 9.42. The molecule has 1 rings (SSSR count). The van der Waals surface area contributed by atoms with E-state index in [4.69, 9.17) is 0 Å². The molecule has 0 aromatic rings. The molecule has 0 fully saturated rings. The molecule has 76 valence electrons. The van der Waals surface area contributed by atoms with Crippen molar-refractivity contribution in [3.63, 3.8) is 0 Å². The third kappa shape index (κ3) is 2.59. The van der Waals surface area contributed by atoms with Crippen LogP contribution in [0, 0.1) is 17.8 Å². The lowest BCUT2D eigenvalue weighted by atomic mass is 9.77. The van der Waals surface area contributed by atoms with E-state index in [-0.39, 0.29) is 0 Å². The molecule has 0 saturated heterocycles. The van der Waals surface area contributed by atoms with Crippen LogP contribution in [0.25, 0.3) is 0 Å². The number of hydrogen-bond donors (Lipinski definition) is 0. The van der Waals surface area contributed by atoms with Crippen LogP contribution >= 0.6 is 0 Å². The summed E-state index contributed by atoms with van der Waals surface area (Å²) in [5.41, 5.74) is 0. The number of hydrogen-bond acceptors (Lipinski definition) is 0. The van der Waals surface area contributed by atoms with Gasteiger partial charge in [-0.3, -0.25) is 0 Å². The summed E-state index contributed by atoms with van der Waals surface area (Å²) in [7, 11) is 0. The normalized spacial score (nSPS) is 34.5. The maximum atomic E-state index is 2.48. The lowest BCUT2D eigenvalue weighted by Crippen LogP contribution is -2.19. The molecule has 0 nitrogen and oxygen atoms in total. The van der Waals surface area contributed by atoms with E-state index < -0.39 is 0 Å². The van der Waals surface area contributed by atoms with Gasteiger partial charge in [0.05, 0.1) is 0 Å². The molecule has 3 unspecified atom stereocenters. The number of allylic oxidation sites excluding steroid dienone is 2. The second-order valence-electron chi connectivity index (χ2n) is 4.32. The van der Waals surface area contributed by atoms with Crippen LogP contribution in [-0.4, -0.2) is 0 Å². The molecule has 0 radical (unpaired) electrons. The molecular weight excluding hydrogens is 156 g/mol. The molecule has 0 spiro atoms. The van der Waals surface area contributed by atoms with Crippen LogP contribution in [-0.2, 0) is 0 Å². The van der Waals surface area contributed by atoms with Gasteiger partial charge >= 0.3 is 0 Å². The predicted molar refractivity (Wildman–Crippen MR) is 59.7 cm³/mol. The molecule has 0 saturated carbocycles. The fourth-order valence-corrected chi connectivity index (χ4v) is 2.87. The van der Waals surface area contributed by atoms with Crippen LogP contribution in [0.4, 0.5) is 0 Å². The largest absolute Gasteiger partial charge is 0.0882 e. The molecule has 0 bridgehead atoms. The Bertz CT molecular complexity index is 157. The van der Waals surface area contributed by atoms with Gasteiger partial charge in [0.15, 0.2) is 0 Å². The molecule has 13 heavy (non-hydrogen) atoms. The van der Waals surface area contributed by atoms with E-state index in [1.807, 2.05) is 0 Å². The Kier molecular flexibility index (Phi) is 4.55. The molecule has 0 aromatic carbocycles. The van der Waals surface area contributed by atoms with Gasteiger partial charge in [-0.15, -0.1) is 0 Å². The van der Waals surface area contributed by atoms with Crippen LogP contribution in [0.3, 0.4) is 0 Å². The van der Waals surface area contributed by atoms with Crippen molar-refractivity contribution < 1.29 is 0 Å². The highest BCUT2D eigenvalue weighted by molar-refractivity contribution is 4.96. The Morgan fingerprint density at radius 3 is 2.38 bits per heavy atom. The highest BCUT2D eigenvalue weighted by atomic mass is 14.3. The van der Waals surface area contributed by atoms with Crippen molar-refractivity contribution in [3.05, 3.63) is 12.2 Å². The first-order chi connectivity index (χ1) is 6.33. The SMILES string of the molecule is CCC1C=CCCC(CC)C1CC. The van der Waals surface area contributed by atoms with E-state index in [1.165, 1.54) is 32.1 Å². The molecule has 1 aliphatic carbocycles. The second-order valence-corrected chi connectivity index (χ2v) is 4.32. The van der Waals surface area contributed by atoms with Crippen molar-refractivity contribution in [2.24, 2.45) is 17.8 Å². The highest BCUT2D eigenvalue weighted by Crippen LogP contribution is 2.35. The van der Waals surface area contributed by atoms with Crippen molar-refractivity contribution in [1.29, 1.82) is 0 Å². The van der Waals surface area contributed by atoms with Crippen molar-refractivity contribution in [3.8, 4) is 0 Å². The fraction of sp³-hybridized carbons (Fsp3) is 0.846. The summed E-state index contributed by atoms with van der Waals surface area (Å²) in [6.45, 7) is 7.04. The van der Waals surface area contributed by atoms with Crippen molar-refractivity contribution in [1.82, 2.24) is 0 Å². The van der Waals surface area contributed by atoms with Crippen molar-refractivity contribution in [2.75, 3.05) is 0 Å². The molecule has 1 aliphatic rings. The van der Waals surface area contributed by atoms with Crippen molar-refractivity contribution >= 4 is 0 Å². The Morgan fingerprint density at radius 2 is 1.85 bits per heavy atom. The Labute approximate surface area is 83.4 Å². The van der Waals surface area contributed by atoms with E-state index in [9.17, 15) is 0 Å². The first kappa shape index (κ1) is 10.8. The summed E-state index contributed by atoms with van der Waals surface area (Å²) >= 11 is 0. The minimum Gasteiger partial charge on any atom is -0.0882 e. The Morgan fingerprint density at radius 1 is 1.08 bits per heavy atom. The van der Waals surface area contributed by atoms with Crippen LogP contribution in [0.5, 0.6) is 0 Å². The van der Waals surface area contributed by atoms with Gasteiger partial charge in [0.25, 0.3) is 0 Å². The summed E-state index contributed by atoms with van der Waals surface area (Å²) in [5, 5.41) is 0. The zero-order valence-electron chi connectivity index (χ0n) is 9.42. The lowest BCUT2D eigenvalue weighted by Gasteiger charge is -2.28. The smallest absolute Gasteiger partial charge is 0.0205 e. The van der Waals surface area contributed by atoms with Gasteiger partial charge in [-0.25, -0.2) is 0 Å². The molecular formula is C13H24. The van der Waals surface area contributed by atoms with Gasteiger partial charge in [-0.05, 0) is 37.0 Å². The average molecular weight is 180 g/mol. The third-order valence-electron chi connectivity index (χ3n) is 3.71. The van der Waals surface area contributed by atoms with E-state index in [0.717, 1.165) is 17.8 Å². The molecule has 3 atom stereocenters. The van der Waals surface area contributed by atoms with Gasteiger partial charge in [0.2, 0.25) is 0 Å². The first-order valence-corrected chi connectivity index (χ1v) is 6.00. The Hall–Kier alpha value is -0.260. The fourth-order valence-electron chi connectivity index (χ4n) is 2.87. The maximum absolute atomic E-state index is 2.48.